The van der Waals surface area contributed by atoms with E-state index < -0.39 is 11.7 Å². The van der Waals surface area contributed by atoms with Gasteiger partial charge in [0.2, 0.25) is 5.91 Å². The molecular weight excluding hydrogens is 339 g/mol. The summed E-state index contributed by atoms with van der Waals surface area (Å²) in [5.41, 5.74) is -0.182. The average Bonchev–Trinajstić information content (AvgIpc) is 2.89. The van der Waals surface area contributed by atoms with Crippen LogP contribution in [0.15, 0.2) is 35.5 Å². The van der Waals surface area contributed by atoms with Crippen LogP contribution < -0.4 is 10.1 Å². The predicted molar refractivity (Wildman–Crippen MR) is 86.9 cm³/mol. The van der Waals surface area contributed by atoms with Crippen LogP contribution >= 0.6 is 11.3 Å². The largest absolute Gasteiger partial charge is 0.416 e. The molecule has 0 atom stereocenters. The fraction of sp³-hybridized carbons (Fsp3) is 0.375. The predicted octanol–water partition coefficient (Wildman–Crippen LogP) is 3.50. The van der Waals surface area contributed by atoms with Crippen molar-refractivity contribution in [1.82, 2.24) is 9.88 Å². The number of nitrogens with zero attached hydrogens (tertiary/aromatic N) is 2. The van der Waals surface area contributed by atoms with Crippen LogP contribution in [0.1, 0.15) is 30.7 Å². The lowest BCUT2D eigenvalue weighted by Crippen LogP contribution is -2.14. The molecule has 1 aromatic heterocycles. The van der Waals surface area contributed by atoms with Crippen LogP contribution in [-0.4, -0.2) is 17.0 Å². The van der Waals surface area contributed by atoms with Gasteiger partial charge in [0.05, 0.1) is 5.56 Å². The van der Waals surface area contributed by atoms with Crippen molar-refractivity contribution in [2.75, 3.05) is 6.54 Å². The van der Waals surface area contributed by atoms with E-state index in [1.807, 2.05) is 0 Å². The molecule has 0 aliphatic heterocycles. The van der Waals surface area contributed by atoms with Gasteiger partial charge in [0.25, 0.3) is 0 Å². The third-order valence-corrected chi connectivity index (χ3v) is 4.14. The molecule has 1 amide bonds. The number of nitrogens with one attached hydrogen (secondary N) is 1. The van der Waals surface area contributed by atoms with Gasteiger partial charge in [-0.2, -0.15) is 18.2 Å². The van der Waals surface area contributed by atoms with Crippen molar-refractivity contribution in [3.63, 3.8) is 0 Å². The molecule has 8 heteroatoms. The summed E-state index contributed by atoms with van der Waals surface area (Å²) in [6.45, 7) is 4.87. The smallest absolute Gasteiger partial charge is 0.312 e. The van der Waals surface area contributed by atoms with Gasteiger partial charge in [-0.15, -0.1) is 0 Å². The second-order valence-electron chi connectivity index (χ2n) is 5.20. The number of halogens is 3. The molecule has 2 aromatic rings. The summed E-state index contributed by atoms with van der Waals surface area (Å²) < 4.78 is 39.7. The summed E-state index contributed by atoms with van der Waals surface area (Å²) in [5.74, 6) is -0.356. The Kier molecular flexibility index (Phi) is 5.95. The Morgan fingerprint density at radius 1 is 1.29 bits per heavy atom. The Morgan fingerprint density at radius 3 is 2.50 bits per heavy atom. The quantitative estimate of drug-likeness (QED) is 0.833. The van der Waals surface area contributed by atoms with Gasteiger partial charge >= 0.3 is 6.18 Å². The van der Waals surface area contributed by atoms with Crippen molar-refractivity contribution >= 4 is 17.2 Å². The Bertz CT molecular complexity index is 760. The number of rotatable bonds is 5. The zero-order chi connectivity index (χ0) is 17.7. The number of amides is 1. The topological polar surface area (TPSA) is 46.4 Å². The van der Waals surface area contributed by atoms with E-state index in [1.165, 1.54) is 30.4 Å². The third kappa shape index (κ3) is 4.78. The van der Waals surface area contributed by atoms with Gasteiger partial charge in [-0.25, -0.2) is 0 Å². The third-order valence-electron chi connectivity index (χ3n) is 3.15. The average molecular weight is 357 g/mol. The first-order valence-electron chi connectivity index (χ1n) is 7.46. The zero-order valence-corrected chi connectivity index (χ0v) is 14.2. The van der Waals surface area contributed by atoms with Gasteiger partial charge in [0.1, 0.15) is 0 Å². The van der Waals surface area contributed by atoms with Crippen LogP contribution in [0.4, 0.5) is 13.2 Å². The molecule has 0 fully saturated rings. The van der Waals surface area contributed by atoms with Crippen molar-refractivity contribution in [3.05, 3.63) is 45.7 Å². The van der Waals surface area contributed by atoms with Gasteiger partial charge < -0.3 is 5.32 Å². The molecule has 0 saturated heterocycles. The van der Waals surface area contributed by atoms with E-state index >= 15 is 0 Å². The number of carbonyl (C=O) groups excluding carboxylic acids is 1. The van der Waals surface area contributed by atoms with Gasteiger partial charge in [-0.05, 0) is 37.2 Å². The molecule has 130 valence electrons. The zero-order valence-electron chi connectivity index (χ0n) is 13.4. The minimum absolute atomic E-state index is 0.356. The lowest BCUT2D eigenvalue weighted by Gasteiger charge is -2.08. The Labute approximate surface area is 141 Å². The van der Waals surface area contributed by atoms with Gasteiger partial charge in [-0.3, -0.25) is 9.36 Å². The van der Waals surface area contributed by atoms with E-state index in [4.69, 9.17) is 0 Å². The maximum Gasteiger partial charge on any atom is 0.416 e. The molecule has 24 heavy (non-hydrogen) atoms. The van der Waals surface area contributed by atoms with Gasteiger partial charge in [0.15, 0.2) is 4.80 Å². The monoisotopic (exact) mass is 357 g/mol. The fourth-order valence-electron chi connectivity index (χ4n) is 2.07. The van der Waals surface area contributed by atoms with Crippen molar-refractivity contribution < 1.29 is 18.0 Å². The van der Waals surface area contributed by atoms with Crippen LogP contribution in [0.3, 0.4) is 0 Å². The van der Waals surface area contributed by atoms with Crippen LogP contribution in [0, 0.1) is 0 Å². The number of benzene rings is 1. The molecule has 0 spiro atoms. The van der Waals surface area contributed by atoms with Crippen LogP contribution in [0.5, 0.6) is 0 Å². The highest BCUT2D eigenvalue weighted by molar-refractivity contribution is 7.09. The van der Waals surface area contributed by atoms with E-state index in [2.05, 4.69) is 17.2 Å². The maximum atomic E-state index is 12.7. The molecule has 1 aromatic carbocycles. The molecule has 0 radical (unpaired) electrons. The highest BCUT2D eigenvalue weighted by atomic mass is 32.1. The minimum Gasteiger partial charge on any atom is -0.312 e. The molecule has 2 rings (SSSR count). The minimum atomic E-state index is -4.38. The summed E-state index contributed by atoms with van der Waals surface area (Å²) in [6, 6.07) is 4.79. The number of hydrogen-bond acceptors (Lipinski definition) is 3. The Morgan fingerprint density at radius 2 is 1.96 bits per heavy atom. The summed E-state index contributed by atoms with van der Waals surface area (Å²) in [4.78, 5) is 16.7. The fourth-order valence-corrected chi connectivity index (χ4v) is 3.07. The first-order chi connectivity index (χ1) is 11.3. The van der Waals surface area contributed by atoms with Crippen molar-refractivity contribution in [2.45, 2.75) is 33.0 Å². The molecule has 0 saturated carbocycles. The van der Waals surface area contributed by atoms with Crippen molar-refractivity contribution in [1.29, 1.82) is 0 Å². The van der Waals surface area contributed by atoms with E-state index in [0.29, 0.717) is 17.0 Å². The van der Waals surface area contributed by atoms with E-state index in [9.17, 15) is 18.0 Å². The van der Waals surface area contributed by atoms with Gasteiger partial charge in [0, 0.05) is 30.2 Å². The second-order valence-corrected chi connectivity index (χ2v) is 6.30. The normalized spacial score (nSPS) is 12.6. The number of aromatic nitrogens is 1. The molecule has 1 heterocycles. The first-order valence-corrected chi connectivity index (χ1v) is 8.28. The van der Waals surface area contributed by atoms with E-state index in [-0.39, 0.29) is 5.91 Å². The molecule has 0 aliphatic carbocycles. The highest BCUT2D eigenvalue weighted by Crippen LogP contribution is 2.29. The SMILES string of the molecule is CCCNCc1cn(-c2ccc(C(F)(F)F)cc2)c(=NC(C)=O)s1. The van der Waals surface area contributed by atoms with Crippen LogP contribution in [0.25, 0.3) is 5.69 Å². The summed E-state index contributed by atoms with van der Waals surface area (Å²) in [5, 5.41) is 3.25. The maximum absolute atomic E-state index is 12.7. The standard InChI is InChI=1S/C16H18F3N3OS/c1-3-8-20-9-14-10-22(15(24-14)21-11(2)23)13-6-4-12(5-7-13)16(17,18)19/h4-7,10,20H,3,8-9H2,1-2H3. The number of thiazole rings is 1. The number of hydrogen-bond donors (Lipinski definition) is 1. The van der Waals surface area contributed by atoms with Crippen molar-refractivity contribution in [3.8, 4) is 5.69 Å². The number of alkyl halides is 3. The molecule has 0 aliphatic rings. The Hall–Kier alpha value is -1.93. The second kappa shape index (κ2) is 7.76. The molecule has 0 bridgehead atoms. The first kappa shape index (κ1) is 18.4. The summed E-state index contributed by atoms with van der Waals surface area (Å²) in [7, 11) is 0. The summed E-state index contributed by atoms with van der Waals surface area (Å²) >= 11 is 1.33. The van der Waals surface area contributed by atoms with Gasteiger partial charge in [-0.1, -0.05) is 18.3 Å². The molecule has 1 N–H and O–H groups in total. The van der Waals surface area contributed by atoms with Crippen molar-refractivity contribution in [2.24, 2.45) is 4.99 Å². The molecule has 4 nitrogen and oxygen atoms in total. The lowest BCUT2D eigenvalue weighted by molar-refractivity contribution is -0.137. The highest BCUT2D eigenvalue weighted by Gasteiger charge is 2.30. The molecule has 0 unspecified atom stereocenters. The van der Waals surface area contributed by atoms with Crippen LogP contribution in [0.2, 0.25) is 0 Å². The molecular formula is C16H18F3N3OS. The number of carbonyl (C=O) groups is 1. The van der Waals surface area contributed by atoms with E-state index in [1.54, 1.807) is 10.8 Å². The summed E-state index contributed by atoms with van der Waals surface area (Å²) in [6.07, 6.45) is -1.59. The Balaban J connectivity index is 2.38. The van der Waals surface area contributed by atoms with Crippen LogP contribution in [-0.2, 0) is 17.5 Å². The van der Waals surface area contributed by atoms with E-state index in [0.717, 1.165) is 30.0 Å². The lowest BCUT2D eigenvalue weighted by atomic mass is 10.2.